The number of methoxy groups -OCH3 is 1. The maximum Gasteiger partial charge on any atom is 0.391 e. The SMILES string of the molecule is CCOc1cc(CNC(=NC)NC2CCCC(C(F)(F)F)C2)ccc1OC. The summed E-state index contributed by atoms with van der Waals surface area (Å²) < 4.78 is 49.7. The van der Waals surface area contributed by atoms with Crippen LogP contribution >= 0.6 is 0 Å². The molecule has 2 rings (SSSR count). The summed E-state index contributed by atoms with van der Waals surface area (Å²) in [6.07, 6.45) is -2.56. The van der Waals surface area contributed by atoms with Gasteiger partial charge in [0.1, 0.15) is 0 Å². The summed E-state index contributed by atoms with van der Waals surface area (Å²) in [7, 11) is 3.19. The third-order valence-electron chi connectivity index (χ3n) is 4.69. The molecule has 8 heteroatoms. The predicted molar refractivity (Wildman–Crippen MR) is 99.3 cm³/mol. The summed E-state index contributed by atoms with van der Waals surface area (Å²) in [6, 6.07) is 5.38. The first-order chi connectivity index (χ1) is 12.9. The van der Waals surface area contributed by atoms with Crippen LogP contribution in [-0.2, 0) is 6.54 Å². The van der Waals surface area contributed by atoms with E-state index < -0.39 is 12.1 Å². The summed E-state index contributed by atoms with van der Waals surface area (Å²) in [5.74, 6) is 0.569. The Balaban J connectivity index is 1.93. The minimum Gasteiger partial charge on any atom is -0.493 e. The van der Waals surface area contributed by atoms with E-state index in [9.17, 15) is 13.2 Å². The molecule has 1 aromatic carbocycles. The Labute approximate surface area is 158 Å². The highest BCUT2D eigenvalue weighted by atomic mass is 19.4. The van der Waals surface area contributed by atoms with Crippen molar-refractivity contribution in [3.05, 3.63) is 23.8 Å². The van der Waals surface area contributed by atoms with Gasteiger partial charge < -0.3 is 20.1 Å². The van der Waals surface area contributed by atoms with Gasteiger partial charge >= 0.3 is 6.18 Å². The van der Waals surface area contributed by atoms with Gasteiger partial charge in [-0.2, -0.15) is 13.2 Å². The Morgan fingerprint density at radius 2 is 2.04 bits per heavy atom. The number of alkyl halides is 3. The normalized spacial score (nSPS) is 20.9. The smallest absolute Gasteiger partial charge is 0.391 e. The van der Waals surface area contributed by atoms with Crippen molar-refractivity contribution in [2.24, 2.45) is 10.9 Å². The van der Waals surface area contributed by atoms with Crippen molar-refractivity contribution in [1.82, 2.24) is 10.6 Å². The molecule has 0 amide bonds. The first kappa shape index (κ1) is 21.2. The first-order valence-electron chi connectivity index (χ1n) is 9.21. The number of ether oxygens (including phenoxy) is 2. The molecule has 0 aliphatic heterocycles. The quantitative estimate of drug-likeness (QED) is 0.575. The van der Waals surface area contributed by atoms with Crippen molar-refractivity contribution in [2.75, 3.05) is 20.8 Å². The zero-order valence-electron chi connectivity index (χ0n) is 16.0. The molecular formula is C19H28F3N3O2. The van der Waals surface area contributed by atoms with Crippen LogP contribution in [0.1, 0.15) is 38.2 Å². The minimum atomic E-state index is -4.13. The van der Waals surface area contributed by atoms with Crippen LogP contribution in [0, 0.1) is 5.92 Å². The van der Waals surface area contributed by atoms with Crippen LogP contribution in [0.2, 0.25) is 0 Å². The second-order valence-electron chi connectivity index (χ2n) is 6.59. The summed E-state index contributed by atoms with van der Waals surface area (Å²) in [5.41, 5.74) is 0.957. The standard InChI is InChI=1S/C19H28F3N3O2/c1-4-27-17-10-13(8-9-16(17)26-3)12-24-18(23-2)25-15-7-5-6-14(11-15)19(20,21)22/h8-10,14-15H,4-7,11-12H2,1-3H3,(H2,23,24,25). The molecule has 2 N–H and O–H groups in total. The fourth-order valence-corrected chi connectivity index (χ4v) is 3.29. The fraction of sp³-hybridized carbons (Fsp3) is 0.632. The van der Waals surface area contributed by atoms with Crippen molar-refractivity contribution in [2.45, 2.75) is 51.4 Å². The van der Waals surface area contributed by atoms with E-state index in [1.807, 2.05) is 25.1 Å². The zero-order valence-corrected chi connectivity index (χ0v) is 16.0. The maximum atomic E-state index is 13.0. The van der Waals surface area contributed by atoms with Gasteiger partial charge in [-0.05, 0) is 43.9 Å². The largest absolute Gasteiger partial charge is 0.493 e. The van der Waals surface area contributed by atoms with E-state index in [2.05, 4.69) is 15.6 Å². The molecule has 1 aromatic rings. The van der Waals surface area contributed by atoms with Crippen molar-refractivity contribution in [3.8, 4) is 11.5 Å². The van der Waals surface area contributed by atoms with Gasteiger partial charge in [0, 0.05) is 19.6 Å². The second-order valence-corrected chi connectivity index (χ2v) is 6.59. The molecule has 152 valence electrons. The van der Waals surface area contributed by atoms with Crippen LogP contribution < -0.4 is 20.1 Å². The highest BCUT2D eigenvalue weighted by molar-refractivity contribution is 5.80. The summed E-state index contributed by atoms with van der Waals surface area (Å²) in [5, 5.41) is 6.28. The Morgan fingerprint density at radius 1 is 1.26 bits per heavy atom. The summed E-state index contributed by atoms with van der Waals surface area (Å²) >= 11 is 0. The van der Waals surface area contributed by atoms with Gasteiger partial charge in [0.25, 0.3) is 0 Å². The molecule has 1 saturated carbocycles. The lowest BCUT2D eigenvalue weighted by Gasteiger charge is -2.31. The molecule has 0 radical (unpaired) electrons. The van der Waals surface area contributed by atoms with Crippen molar-refractivity contribution >= 4 is 5.96 Å². The van der Waals surface area contributed by atoms with Crippen LogP contribution in [0.15, 0.2) is 23.2 Å². The average Bonchev–Trinajstić information content (AvgIpc) is 2.65. The zero-order chi connectivity index (χ0) is 19.9. The lowest BCUT2D eigenvalue weighted by molar-refractivity contribution is -0.183. The van der Waals surface area contributed by atoms with Gasteiger partial charge in [0.2, 0.25) is 0 Å². The van der Waals surface area contributed by atoms with Gasteiger partial charge in [0.15, 0.2) is 17.5 Å². The van der Waals surface area contributed by atoms with Crippen LogP contribution in [0.3, 0.4) is 0 Å². The minimum absolute atomic E-state index is 0.0845. The molecule has 2 unspecified atom stereocenters. The lowest BCUT2D eigenvalue weighted by Crippen LogP contribution is -2.46. The van der Waals surface area contributed by atoms with Gasteiger partial charge in [0.05, 0.1) is 19.6 Å². The van der Waals surface area contributed by atoms with Gasteiger partial charge in [-0.15, -0.1) is 0 Å². The van der Waals surface area contributed by atoms with E-state index in [1.54, 1.807) is 14.2 Å². The van der Waals surface area contributed by atoms with E-state index in [0.717, 1.165) is 5.56 Å². The van der Waals surface area contributed by atoms with E-state index in [0.29, 0.717) is 43.5 Å². The lowest BCUT2D eigenvalue weighted by atomic mass is 9.85. The molecule has 0 aromatic heterocycles. The number of halogens is 3. The van der Waals surface area contributed by atoms with E-state index in [-0.39, 0.29) is 18.9 Å². The number of guanidine groups is 1. The number of nitrogens with one attached hydrogen (secondary N) is 2. The van der Waals surface area contributed by atoms with Crippen molar-refractivity contribution in [3.63, 3.8) is 0 Å². The third-order valence-corrected chi connectivity index (χ3v) is 4.69. The molecule has 1 aliphatic carbocycles. The summed E-state index contributed by atoms with van der Waals surface area (Å²) in [6.45, 7) is 2.90. The van der Waals surface area contributed by atoms with E-state index in [4.69, 9.17) is 9.47 Å². The number of aliphatic imine (C=N–C) groups is 1. The Morgan fingerprint density at radius 3 is 2.67 bits per heavy atom. The van der Waals surface area contributed by atoms with E-state index in [1.165, 1.54) is 0 Å². The van der Waals surface area contributed by atoms with Crippen LogP contribution in [0.5, 0.6) is 11.5 Å². The van der Waals surface area contributed by atoms with Gasteiger partial charge in [-0.25, -0.2) is 0 Å². The first-order valence-corrected chi connectivity index (χ1v) is 9.21. The predicted octanol–water partition coefficient (Wildman–Crippen LogP) is 3.88. The Hall–Kier alpha value is -2.12. The van der Waals surface area contributed by atoms with Gasteiger partial charge in [-0.3, -0.25) is 4.99 Å². The third kappa shape index (κ3) is 6.22. The molecule has 1 fully saturated rings. The van der Waals surface area contributed by atoms with Crippen LogP contribution in [0.25, 0.3) is 0 Å². The molecular weight excluding hydrogens is 359 g/mol. The number of hydrogen-bond acceptors (Lipinski definition) is 3. The topological polar surface area (TPSA) is 54.9 Å². The molecule has 5 nitrogen and oxygen atoms in total. The molecule has 0 heterocycles. The van der Waals surface area contributed by atoms with Crippen molar-refractivity contribution in [1.29, 1.82) is 0 Å². The van der Waals surface area contributed by atoms with Crippen molar-refractivity contribution < 1.29 is 22.6 Å². The van der Waals surface area contributed by atoms with Gasteiger partial charge in [-0.1, -0.05) is 12.5 Å². The maximum absolute atomic E-state index is 13.0. The number of hydrogen-bond donors (Lipinski definition) is 2. The monoisotopic (exact) mass is 387 g/mol. The Bertz CT molecular complexity index is 635. The molecule has 0 bridgehead atoms. The molecule has 1 aliphatic rings. The van der Waals surface area contributed by atoms with Crippen LogP contribution in [-0.4, -0.2) is 38.9 Å². The highest BCUT2D eigenvalue weighted by Gasteiger charge is 2.42. The fourth-order valence-electron chi connectivity index (χ4n) is 3.29. The summed E-state index contributed by atoms with van der Waals surface area (Å²) in [4.78, 5) is 4.13. The van der Waals surface area contributed by atoms with E-state index >= 15 is 0 Å². The van der Waals surface area contributed by atoms with Crippen LogP contribution in [0.4, 0.5) is 13.2 Å². The number of nitrogens with zero attached hydrogens (tertiary/aromatic N) is 1. The second kappa shape index (κ2) is 9.71. The molecule has 2 atom stereocenters. The number of benzene rings is 1. The Kier molecular flexibility index (Phi) is 7.62. The molecule has 27 heavy (non-hydrogen) atoms. The average molecular weight is 387 g/mol. The highest BCUT2D eigenvalue weighted by Crippen LogP contribution is 2.37. The molecule has 0 spiro atoms. The molecule has 0 saturated heterocycles. The number of rotatable bonds is 6.